The van der Waals surface area contributed by atoms with Gasteiger partial charge in [0, 0.05) is 21.5 Å². The monoisotopic (exact) mass is 502 g/mol. The Balaban J connectivity index is 1.65. The lowest BCUT2D eigenvalue weighted by Crippen LogP contribution is -2.34. The van der Waals surface area contributed by atoms with Crippen LogP contribution >= 0.6 is 39.1 Å². The summed E-state index contributed by atoms with van der Waals surface area (Å²) in [6.45, 7) is 0. The van der Waals surface area contributed by atoms with Crippen LogP contribution < -0.4 is 9.47 Å². The Hall–Kier alpha value is -2.21. The molecule has 2 aliphatic heterocycles. The summed E-state index contributed by atoms with van der Waals surface area (Å²) in [5.41, 5.74) is 3.89. The smallest absolute Gasteiger partial charge is 0.217 e. The molecular weight excluding hydrogens is 487 g/mol. The molecule has 2 atom stereocenters. The zero-order valence-corrected chi connectivity index (χ0v) is 19.1. The van der Waals surface area contributed by atoms with Gasteiger partial charge in [0.1, 0.15) is 11.5 Å². The molecule has 3 aromatic carbocycles. The topological polar surface area (TPSA) is 34.1 Å². The number of halogens is 3. The predicted molar refractivity (Wildman–Crippen MR) is 123 cm³/mol. The van der Waals surface area contributed by atoms with E-state index in [4.69, 9.17) is 37.8 Å². The van der Waals surface area contributed by atoms with Gasteiger partial charge in [0.2, 0.25) is 6.23 Å². The van der Waals surface area contributed by atoms with Gasteiger partial charge in [-0.05, 0) is 42.0 Å². The molecule has 2 aliphatic rings. The number of benzene rings is 3. The fourth-order valence-electron chi connectivity index (χ4n) is 4.01. The maximum absolute atomic E-state index is 6.53. The maximum atomic E-state index is 6.53. The van der Waals surface area contributed by atoms with Gasteiger partial charge in [-0.15, -0.1) is 0 Å². The van der Waals surface area contributed by atoms with Crippen LogP contribution in [0.5, 0.6) is 11.5 Å². The molecule has 0 saturated heterocycles. The number of fused-ring (bicyclic) bond motifs is 3. The molecule has 0 aliphatic carbocycles. The highest BCUT2D eigenvalue weighted by Gasteiger charge is 2.42. The lowest BCUT2D eigenvalue weighted by molar-refractivity contribution is -0.0202. The molecule has 0 spiro atoms. The van der Waals surface area contributed by atoms with Gasteiger partial charge in [0.05, 0.1) is 29.4 Å². The van der Waals surface area contributed by atoms with Crippen LogP contribution in [-0.4, -0.2) is 17.8 Å². The third-order valence-corrected chi connectivity index (χ3v) is 6.42. The van der Waals surface area contributed by atoms with Gasteiger partial charge in [-0.2, -0.15) is 5.10 Å². The molecule has 2 heterocycles. The molecule has 0 bridgehead atoms. The molecule has 0 saturated carbocycles. The Kier molecular flexibility index (Phi) is 5.13. The Morgan fingerprint density at radius 1 is 1.07 bits per heavy atom. The number of hydrogen-bond acceptors (Lipinski definition) is 4. The molecular formula is C23H17BrCl2N2O2. The Bertz CT molecular complexity index is 1150. The van der Waals surface area contributed by atoms with Crippen LogP contribution in [0.4, 0.5) is 0 Å². The van der Waals surface area contributed by atoms with Crippen LogP contribution in [0, 0.1) is 0 Å². The van der Waals surface area contributed by atoms with Gasteiger partial charge in [0.25, 0.3) is 0 Å². The van der Waals surface area contributed by atoms with E-state index in [1.165, 1.54) is 0 Å². The van der Waals surface area contributed by atoms with Gasteiger partial charge in [0.15, 0.2) is 0 Å². The summed E-state index contributed by atoms with van der Waals surface area (Å²) in [5.74, 6) is 1.38. The molecule has 0 N–H and O–H groups in total. The zero-order valence-electron chi connectivity index (χ0n) is 16.0. The van der Waals surface area contributed by atoms with Crippen LogP contribution in [0.1, 0.15) is 35.4 Å². The summed E-state index contributed by atoms with van der Waals surface area (Å²) in [4.78, 5) is 0. The average Bonchev–Trinajstić information content (AvgIpc) is 3.19. The van der Waals surface area contributed by atoms with E-state index in [9.17, 15) is 0 Å². The van der Waals surface area contributed by atoms with Gasteiger partial charge < -0.3 is 9.47 Å². The van der Waals surface area contributed by atoms with Crippen molar-refractivity contribution in [1.82, 2.24) is 5.01 Å². The number of rotatable bonds is 3. The number of methoxy groups -OCH3 is 1. The molecule has 0 fully saturated rings. The molecule has 7 heteroatoms. The summed E-state index contributed by atoms with van der Waals surface area (Å²) in [5, 5.41) is 8.03. The fraction of sp³-hybridized carbons (Fsp3) is 0.174. The average molecular weight is 504 g/mol. The van der Waals surface area contributed by atoms with Crippen molar-refractivity contribution >= 4 is 44.8 Å². The zero-order chi connectivity index (χ0) is 20.8. The molecule has 0 aromatic heterocycles. The van der Waals surface area contributed by atoms with E-state index in [1.54, 1.807) is 13.2 Å². The summed E-state index contributed by atoms with van der Waals surface area (Å²) in [6.07, 6.45) is 0.255. The molecule has 5 rings (SSSR count). The molecule has 3 aromatic rings. The van der Waals surface area contributed by atoms with E-state index < -0.39 is 6.23 Å². The summed E-state index contributed by atoms with van der Waals surface area (Å²) in [6, 6.07) is 19.5. The van der Waals surface area contributed by atoms with Crippen molar-refractivity contribution in [3.8, 4) is 11.5 Å². The Labute approximate surface area is 193 Å². The van der Waals surface area contributed by atoms with Gasteiger partial charge >= 0.3 is 0 Å². The van der Waals surface area contributed by atoms with Crippen LogP contribution in [0.3, 0.4) is 0 Å². The third kappa shape index (κ3) is 3.35. The van der Waals surface area contributed by atoms with E-state index in [1.807, 2.05) is 47.5 Å². The largest absolute Gasteiger partial charge is 0.496 e. The minimum absolute atomic E-state index is 0.0430. The van der Waals surface area contributed by atoms with Gasteiger partial charge in [-0.1, -0.05) is 63.4 Å². The van der Waals surface area contributed by atoms with E-state index in [-0.39, 0.29) is 6.04 Å². The molecule has 0 radical (unpaired) electrons. The van der Waals surface area contributed by atoms with Crippen LogP contribution in [0.15, 0.2) is 70.2 Å². The van der Waals surface area contributed by atoms with E-state index in [2.05, 4.69) is 28.1 Å². The van der Waals surface area contributed by atoms with Crippen LogP contribution in [0.25, 0.3) is 0 Å². The first-order valence-corrected chi connectivity index (χ1v) is 11.0. The first kappa shape index (κ1) is 19.7. The number of nitrogens with zero attached hydrogens (tertiary/aromatic N) is 2. The van der Waals surface area contributed by atoms with Crippen molar-refractivity contribution in [1.29, 1.82) is 0 Å². The summed E-state index contributed by atoms with van der Waals surface area (Å²) in [7, 11) is 1.65. The first-order valence-electron chi connectivity index (χ1n) is 9.45. The van der Waals surface area contributed by atoms with Gasteiger partial charge in [-0.3, -0.25) is 0 Å². The van der Waals surface area contributed by atoms with Crippen LogP contribution in [-0.2, 0) is 0 Å². The first-order chi connectivity index (χ1) is 14.5. The molecule has 4 nitrogen and oxygen atoms in total. The highest BCUT2D eigenvalue weighted by atomic mass is 79.9. The highest BCUT2D eigenvalue weighted by Crippen LogP contribution is 2.51. The van der Waals surface area contributed by atoms with E-state index >= 15 is 0 Å². The molecule has 0 unspecified atom stereocenters. The van der Waals surface area contributed by atoms with Gasteiger partial charge in [-0.25, -0.2) is 5.01 Å². The van der Waals surface area contributed by atoms with Crippen LogP contribution in [0.2, 0.25) is 10.0 Å². The second-order valence-electron chi connectivity index (χ2n) is 7.17. The third-order valence-electron chi connectivity index (χ3n) is 5.39. The number of hydrogen-bond donors (Lipinski definition) is 0. The van der Waals surface area contributed by atoms with E-state index in [0.29, 0.717) is 15.8 Å². The second kappa shape index (κ2) is 7.80. The van der Waals surface area contributed by atoms with Crippen molar-refractivity contribution < 1.29 is 9.47 Å². The normalized spacial score (nSPS) is 19.6. The predicted octanol–water partition coefficient (Wildman–Crippen LogP) is 7.01. The fourth-order valence-corrected chi connectivity index (χ4v) is 4.82. The van der Waals surface area contributed by atoms with Crippen molar-refractivity contribution in [2.24, 2.45) is 5.10 Å². The number of para-hydroxylation sites is 1. The lowest BCUT2D eigenvalue weighted by Gasteiger charge is -2.39. The molecule has 30 heavy (non-hydrogen) atoms. The number of hydrazone groups is 1. The van der Waals surface area contributed by atoms with Crippen molar-refractivity contribution in [2.45, 2.75) is 18.7 Å². The Morgan fingerprint density at radius 3 is 2.60 bits per heavy atom. The maximum Gasteiger partial charge on any atom is 0.217 e. The second-order valence-corrected chi connectivity index (χ2v) is 8.93. The van der Waals surface area contributed by atoms with Crippen molar-refractivity contribution in [3.05, 3.63) is 91.9 Å². The molecule has 152 valence electrons. The highest BCUT2D eigenvalue weighted by molar-refractivity contribution is 9.10. The molecule has 0 amide bonds. The Morgan fingerprint density at radius 2 is 1.83 bits per heavy atom. The lowest BCUT2D eigenvalue weighted by atomic mass is 9.95. The van der Waals surface area contributed by atoms with Crippen molar-refractivity contribution in [2.75, 3.05) is 7.11 Å². The SMILES string of the molecule is COc1ccccc1[C@H]1Oc2c(Cl)cc(Cl)cc2[C@H]2CC(c3ccc(Br)cc3)=NN21. The summed E-state index contributed by atoms with van der Waals surface area (Å²) < 4.78 is 13.0. The summed E-state index contributed by atoms with van der Waals surface area (Å²) >= 11 is 16.4. The van der Waals surface area contributed by atoms with Crippen molar-refractivity contribution in [3.63, 3.8) is 0 Å². The minimum atomic E-state index is -0.467. The van der Waals surface area contributed by atoms with E-state index in [0.717, 1.165) is 39.0 Å². The standard InChI is InChI=1S/C23H17BrCl2N2O2/c1-29-21-5-3-2-4-16(21)23-28-20(17-10-15(25)11-18(26)22(17)30-23)12-19(27-28)13-6-8-14(24)9-7-13/h2-11,20,23H,12H2,1H3/t20-,23-/m1/s1. The quantitative estimate of drug-likeness (QED) is 0.385. The minimum Gasteiger partial charge on any atom is -0.496 e. The number of ether oxygens (including phenoxy) is 2.